The summed E-state index contributed by atoms with van der Waals surface area (Å²) in [6.45, 7) is 7.88. The van der Waals surface area contributed by atoms with E-state index in [1.54, 1.807) is 18.2 Å². The average Bonchev–Trinajstić information content (AvgIpc) is 3.24. The predicted octanol–water partition coefficient (Wildman–Crippen LogP) is 4.20. The summed E-state index contributed by atoms with van der Waals surface area (Å²) in [7, 11) is 0. The number of hydrogen-bond donors (Lipinski definition) is 0. The van der Waals surface area contributed by atoms with Gasteiger partial charge in [0.15, 0.2) is 6.61 Å². The number of ether oxygens (including phenoxy) is 1. The number of aryl methyl sites for hydroxylation is 2. The third-order valence-corrected chi connectivity index (χ3v) is 6.03. The molecule has 0 spiro atoms. The zero-order chi connectivity index (χ0) is 23.5. The number of Topliss-reactive ketones (excluding diaryl/α,β-unsaturated/α-hetero) is 1. The van der Waals surface area contributed by atoms with E-state index >= 15 is 0 Å². The third kappa shape index (κ3) is 4.51. The van der Waals surface area contributed by atoms with Crippen LogP contribution in [0.25, 0.3) is 5.70 Å². The van der Waals surface area contributed by atoms with Gasteiger partial charge in [-0.05, 0) is 38.0 Å². The molecule has 0 aliphatic carbocycles. The highest BCUT2D eigenvalue weighted by molar-refractivity contribution is 6.10. The van der Waals surface area contributed by atoms with E-state index < -0.39 is 5.97 Å². The molecule has 0 atom stereocenters. The fourth-order valence-electron chi connectivity index (χ4n) is 4.21. The summed E-state index contributed by atoms with van der Waals surface area (Å²) in [5.41, 5.74) is 5.27. The summed E-state index contributed by atoms with van der Waals surface area (Å²) >= 11 is 0. The van der Waals surface area contributed by atoms with Crippen LogP contribution >= 0.6 is 0 Å². The first-order valence-corrected chi connectivity index (χ1v) is 10.9. The van der Waals surface area contributed by atoms with Crippen LogP contribution in [-0.2, 0) is 22.5 Å². The first kappa shape index (κ1) is 22.3. The van der Waals surface area contributed by atoms with Crippen LogP contribution in [0.4, 0.5) is 0 Å². The number of aromatic nitrogens is 1. The van der Waals surface area contributed by atoms with Gasteiger partial charge in [0.2, 0.25) is 5.78 Å². The van der Waals surface area contributed by atoms with Crippen molar-refractivity contribution in [3.05, 3.63) is 101 Å². The van der Waals surface area contributed by atoms with Crippen molar-refractivity contribution in [3.63, 3.8) is 0 Å². The van der Waals surface area contributed by atoms with Gasteiger partial charge in [0.05, 0.1) is 0 Å². The molecule has 0 N–H and O–H groups in total. The van der Waals surface area contributed by atoms with Gasteiger partial charge in [0.25, 0.3) is 5.91 Å². The van der Waals surface area contributed by atoms with Gasteiger partial charge in [-0.3, -0.25) is 19.3 Å². The number of nitrogens with zero attached hydrogens (tertiary/aromatic N) is 2. The van der Waals surface area contributed by atoms with E-state index in [2.05, 4.69) is 23.3 Å². The van der Waals surface area contributed by atoms with E-state index in [1.807, 2.05) is 44.2 Å². The van der Waals surface area contributed by atoms with E-state index in [1.165, 1.54) is 10.5 Å². The van der Waals surface area contributed by atoms with E-state index in [0.717, 1.165) is 24.4 Å². The topological polar surface area (TPSA) is 68.6 Å². The minimum Gasteiger partial charge on any atom is -0.456 e. The zero-order valence-electron chi connectivity index (χ0n) is 18.8. The minimum absolute atomic E-state index is 0.266. The zero-order valence-corrected chi connectivity index (χ0v) is 18.8. The Balaban J connectivity index is 1.35. The maximum Gasteiger partial charge on any atom is 0.326 e. The van der Waals surface area contributed by atoms with Crippen LogP contribution in [0.15, 0.2) is 67.2 Å². The molecule has 1 aliphatic heterocycles. The van der Waals surface area contributed by atoms with Crippen LogP contribution in [0.2, 0.25) is 0 Å². The van der Waals surface area contributed by atoms with Crippen molar-refractivity contribution < 1.29 is 19.1 Å². The summed E-state index contributed by atoms with van der Waals surface area (Å²) < 4.78 is 7.32. The minimum atomic E-state index is -0.649. The number of amides is 1. The maximum atomic E-state index is 12.8. The number of esters is 1. The second-order valence-corrected chi connectivity index (χ2v) is 8.14. The number of benzene rings is 2. The van der Waals surface area contributed by atoms with Crippen LogP contribution < -0.4 is 0 Å². The lowest BCUT2D eigenvalue weighted by Crippen LogP contribution is -2.31. The van der Waals surface area contributed by atoms with Gasteiger partial charge >= 0.3 is 5.97 Å². The van der Waals surface area contributed by atoms with E-state index in [9.17, 15) is 14.4 Å². The van der Waals surface area contributed by atoms with Gasteiger partial charge < -0.3 is 9.30 Å². The molecule has 2 aromatic carbocycles. The predicted molar refractivity (Wildman–Crippen MR) is 126 cm³/mol. The molecule has 1 amide bonds. The van der Waals surface area contributed by atoms with Crippen LogP contribution in [0, 0.1) is 13.8 Å². The molecule has 0 unspecified atom stereocenters. The van der Waals surface area contributed by atoms with Crippen molar-refractivity contribution in [2.24, 2.45) is 0 Å². The van der Waals surface area contributed by atoms with Gasteiger partial charge in [-0.1, -0.05) is 55.1 Å². The largest absolute Gasteiger partial charge is 0.456 e. The SMILES string of the molecule is C=C1c2ccccc2C(=O)N1CC(=O)OCC(=O)c1cc(C)n(CCc2ccccc2)c1C. The molecular formula is C27H26N2O4. The number of ketones is 1. The molecule has 0 bridgehead atoms. The monoisotopic (exact) mass is 442 g/mol. The van der Waals surface area contributed by atoms with Crippen LogP contribution in [0.3, 0.4) is 0 Å². The highest BCUT2D eigenvalue weighted by Crippen LogP contribution is 2.30. The summed E-state index contributed by atoms with van der Waals surface area (Å²) in [6, 6.07) is 19.1. The number of fused-ring (bicyclic) bond motifs is 1. The van der Waals surface area contributed by atoms with E-state index in [4.69, 9.17) is 4.74 Å². The standard InChI is InChI=1S/C27H26N2O4/c1-18-15-24(20(3)28(18)14-13-21-9-5-4-6-10-21)25(30)17-33-26(31)16-29-19(2)22-11-7-8-12-23(22)27(29)32/h4-12,15H,2,13-14,16-17H2,1,3H3. The van der Waals surface area contributed by atoms with E-state index in [-0.39, 0.29) is 24.8 Å². The highest BCUT2D eigenvalue weighted by Gasteiger charge is 2.32. The lowest BCUT2D eigenvalue weighted by Gasteiger charge is -2.16. The molecule has 6 nitrogen and oxygen atoms in total. The molecule has 0 fully saturated rings. The molecule has 0 radical (unpaired) electrons. The Bertz CT molecular complexity index is 1210. The quantitative estimate of drug-likeness (QED) is 0.387. The number of rotatable bonds is 8. The number of hydrogen-bond acceptors (Lipinski definition) is 4. The van der Waals surface area contributed by atoms with Crippen LogP contribution in [0.1, 0.15) is 43.2 Å². The fraction of sp³-hybridized carbons (Fsp3) is 0.222. The van der Waals surface area contributed by atoms with Crippen molar-refractivity contribution in [2.45, 2.75) is 26.8 Å². The van der Waals surface area contributed by atoms with Gasteiger partial charge in [-0.25, -0.2) is 0 Å². The lowest BCUT2D eigenvalue weighted by atomic mass is 10.1. The lowest BCUT2D eigenvalue weighted by molar-refractivity contribution is -0.142. The molecule has 0 saturated heterocycles. The highest BCUT2D eigenvalue weighted by atomic mass is 16.5. The van der Waals surface area contributed by atoms with Crippen LogP contribution in [0.5, 0.6) is 0 Å². The Morgan fingerprint density at radius 1 is 0.970 bits per heavy atom. The van der Waals surface area contributed by atoms with Crippen molar-refractivity contribution in [1.29, 1.82) is 0 Å². The Labute approximate surface area is 193 Å². The summed E-state index contributed by atoms with van der Waals surface area (Å²) in [5, 5.41) is 0. The Kier molecular flexibility index (Phi) is 6.27. The van der Waals surface area contributed by atoms with Gasteiger partial charge in [0, 0.05) is 40.3 Å². The third-order valence-electron chi connectivity index (χ3n) is 6.03. The summed E-state index contributed by atoms with van der Waals surface area (Å²) in [6.07, 6.45) is 0.857. The molecule has 33 heavy (non-hydrogen) atoms. The second-order valence-electron chi connectivity index (χ2n) is 8.14. The normalized spacial score (nSPS) is 12.7. The van der Waals surface area contributed by atoms with Gasteiger partial charge in [-0.15, -0.1) is 0 Å². The molecule has 3 aromatic rings. The Hall–Kier alpha value is -3.93. The van der Waals surface area contributed by atoms with Gasteiger partial charge in [0.1, 0.15) is 6.54 Å². The molecule has 2 heterocycles. The Morgan fingerprint density at radius 2 is 1.64 bits per heavy atom. The average molecular weight is 443 g/mol. The first-order valence-electron chi connectivity index (χ1n) is 10.9. The van der Waals surface area contributed by atoms with Crippen LogP contribution in [-0.4, -0.2) is 40.3 Å². The van der Waals surface area contributed by atoms with Crippen molar-refractivity contribution in [3.8, 4) is 0 Å². The van der Waals surface area contributed by atoms with E-state index in [0.29, 0.717) is 22.4 Å². The molecular weight excluding hydrogens is 416 g/mol. The summed E-state index contributed by atoms with van der Waals surface area (Å²) in [4.78, 5) is 39.0. The maximum absolute atomic E-state index is 12.8. The van der Waals surface area contributed by atoms with Crippen molar-refractivity contribution in [1.82, 2.24) is 9.47 Å². The molecule has 0 saturated carbocycles. The summed E-state index contributed by atoms with van der Waals surface area (Å²) in [5.74, 6) is -1.21. The smallest absolute Gasteiger partial charge is 0.326 e. The first-order chi connectivity index (χ1) is 15.9. The molecule has 168 valence electrons. The number of carbonyl (C=O) groups is 3. The molecule has 1 aromatic heterocycles. The fourth-order valence-corrected chi connectivity index (χ4v) is 4.21. The number of carbonyl (C=O) groups excluding carboxylic acids is 3. The van der Waals surface area contributed by atoms with Crippen molar-refractivity contribution >= 4 is 23.4 Å². The van der Waals surface area contributed by atoms with Crippen molar-refractivity contribution in [2.75, 3.05) is 13.2 Å². The second kappa shape index (κ2) is 9.28. The molecule has 6 heteroatoms. The molecule has 1 aliphatic rings. The Morgan fingerprint density at radius 3 is 2.33 bits per heavy atom. The molecule has 4 rings (SSSR count). The van der Waals surface area contributed by atoms with Gasteiger partial charge in [-0.2, -0.15) is 0 Å².